The Morgan fingerprint density at radius 3 is 2.21 bits per heavy atom. The summed E-state index contributed by atoms with van der Waals surface area (Å²) in [5.74, 6) is 3.23. The number of hydrogen-bond acceptors (Lipinski definition) is 1. The normalized spacial score (nSPS) is 41.4. The van der Waals surface area contributed by atoms with Crippen molar-refractivity contribution in [1.29, 1.82) is 0 Å². The minimum Gasteiger partial charge on any atom is -0.314 e. The van der Waals surface area contributed by atoms with E-state index in [2.05, 4.69) is 24.9 Å². The molecule has 1 unspecified atom stereocenters. The fraction of sp³-hybridized carbons (Fsp3) is 0.889. The fourth-order valence-electron chi connectivity index (χ4n) is 5.94. The summed E-state index contributed by atoms with van der Waals surface area (Å²) < 4.78 is 0. The second kappa shape index (κ2) is 5.60. The van der Waals surface area contributed by atoms with Crippen LogP contribution in [-0.2, 0) is 0 Å². The van der Waals surface area contributed by atoms with Gasteiger partial charge >= 0.3 is 0 Å². The monoisotopic (exact) mass is 261 g/mol. The van der Waals surface area contributed by atoms with Gasteiger partial charge in [-0.1, -0.05) is 13.0 Å². The van der Waals surface area contributed by atoms with Gasteiger partial charge in [-0.25, -0.2) is 0 Å². The van der Waals surface area contributed by atoms with E-state index in [4.69, 9.17) is 0 Å². The minimum atomic E-state index is 0.673. The molecule has 19 heavy (non-hydrogen) atoms. The molecule has 0 aromatic carbocycles. The van der Waals surface area contributed by atoms with Crippen LogP contribution in [0, 0.1) is 23.2 Å². The lowest BCUT2D eigenvalue weighted by Crippen LogP contribution is -2.55. The molecule has 1 heteroatoms. The van der Waals surface area contributed by atoms with Gasteiger partial charge in [-0.15, -0.1) is 6.58 Å². The van der Waals surface area contributed by atoms with Crippen LogP contribution in [0.1, 0.15) is 64.7 Å². The maximum Gasteiger partial charge on any atom is 0.0124 e. The van der Waals surface area contributed by atoms with E-state index in [-0.39, 0.29) is 0 Å². The Kier molecular flexibility index (Phi) is 4.03. The summed E-state index contributed by atoms with van der Waals surface area (Å²) in [6.45, 7) is 7.29. The average molecular weight is 261 g/mol. The Morgan fingerprint density at radius 2 is 1.74 bits per heavy atom. The molecule has 1 N–H and O–H groups in total. The van der Waals surface area contributed by atoms with Gasteiger partial charge in [0.25, 0.3) is 0 Å². The zero-order chi connectivity index (χ0) is 13.3. The SMILES string of the molecule is C=CCCCC(NCC)C12CC3CC(CC(C3)C1)C2. The summed E-state index contributed by atoms with van der Waals surface area (Å²) >= 11 is 0. The summed E-state index contributed by atoms with van der Waals surface area (Å²) in [6.07, 6.45) is 15.2. The molecule has 0 saturated heterocycles. The maximum atomic E-state index is 3.88. The molecule has 0 aromatic rings. The van der Waals surface area contributed by atoms with Crippen molar-refractivity contribution in [3.05, 3.63) is 12.7 Å². The molecule has 4 aliphatic carbocycles. The first-order chi connectivity index (χ1) is 9.25. The molecule has 0 amide bonds. The lowest BCUT2D eigenvalue weighted by atomic mass is 9.47. The van der Waals surface area contributed by atoms with E-state index in [1.165, 1.54) is 38.5 Å². The maximum absolute atomic E-state index is 3.88. The van der Waals surface area contributed by atoms with Gasteiger partial charge in [0, 0.05) is 6.04 Å². The Hall–Kier alpha value is -0.300. The van der Waals surface area contributed by atoms with Gasteiger partial charge in [-0.05, 0) is 87.5 Å². The molecule has 4 saturated carbocycles. The van der Waals surface area contributed by atoms with E-state index in [1.807, 2.05) is 0 Å². The minimum absolute atomic E-state index is 0.673. The standard InChI is InChI=1S/C18H31N/c1-3-5-6-7-17(19-4-2)18-11-14-8-15(12-18)10-16(9-14)13-18/h3,14-17,19H,1,4-13H2,2H3. The molecular formula is C18H31N. The summed E-state index contributed by atoms with van der Waals surface area (Å²) in [6, 6.07) is 0.783. The summed E-state index contributed by atoms with van der Waals surface area (Å²) in [5.41, 5.74) is 0.673. The van der Waals surface area contributed by atoms with Gasteiger partial charge in [-0.3, -0.25) is 0 Å². The fourth-order valence-corrected chi connectivity index (χ4v) is 5.94. The molecule has 1 nitrogen and oxygen atoms in total. The lowest BCUT2D eigenvalue weighted by molar-refractivity contribution is -0.0751. The highest BCUT2D eigenvalue weighted by molar-refractivity contribution is 5.06. The van der Waals surface area contributed by atoms with E-state index in [1.54, 1.807) is 19.3 Å². The third kappa shape index (κ3) is 2.63. The smallest absolute Gasteiger partial charge is 0.0124 e. The van der Waals surface area contributed by atoms with E-state index >= 15 is 0 Å². The summed E-state index contributed by atoms with van der Waals surface area (Å²) in [7, 11) is 0. The molecule has 1 atom stereocenters. The summed E-state index contributed by atoms with van der Waals surface area (Å²) in [4.78, 5) is 0. The number of rotatable bonds is 7. The van der Waals surface area contributed by atoms with Gasteiger partial charge in [-0.2, -0.15) is 0 Å². The molecule has 4 fully saturated rings. The van der Waals surface area contributed by atoms with Crippen molar-refractivity contribution < 1.29 is 0 Å². The first-order valence-corrected chi connectivity index (χ1v) is 8.60. The van der Waals surface area contributed by atoms with Crippen molar-refractivity contribution in [2.45, 2.75) is 70.8 Å². The molecule has 4 bridgehead atoms. The quantitative estimate of drug-likeness (QED) is 0.524. The van der Waals surface area contributed by atoms with Crippen LogP contribution in [0.3, 0.4) is 0 Å². The molecule has 0 aromatic heterocycles. The third-order valence-corrected chi connectivity index (χ3v) is 6.18. The van der Waals surface area contributed by atoms with Crippen LogP contribution in [0.25, 0.3) is 0 Å². The van der Waals surface area contributed by atoms with Crippen molar-refractivity contribution >= 4 is 0 Å². The number of hydrogen-bond donors (Lipinski definition) is 1. The van der Waals surface area contributed by atoms with E-state index in [9.17, 15) is 0 Å². The average Bonchev–Trinajstić information content (AvgIpc) is 2.36. The highest BCUT2D eigenvalue weighted by atomic mass is 14.9. The van der Waals surface area contributed by atoms with Crippen LogP contribution in [0.15, 0.2) is 12.7 Å². The van der Waals surface area contributed by atoms with Crippen LogP contribution in [0.5, 0.6) is 0 Å². The van der Waals surface area contributed by atoms with Crippen LogP contribution in [0.2, 0.25) is 0 Å². The molecule has 4 aliphatic rings. The van der Waals surface area contributed by atoms with Crippen molar-refractivity contribution in [3.63, 3.8) is 0 Å². The second-order valence-corrected chi connectivity index (χ2v) is 7.61. The lowest BCUT2D eigenvalue weighted by Gasteiger charge is -2.59. The van der Waals surface area contributed by atoms with Crippen molar-refractivity contribution in [1.82, 2.24) is 5.32 Å². The highest BCUT2D eigenvalue weighted by Gasteiger charge is 2.53. The van der Waals surface area contributed by atoms with Crippen LogP contribution in [0.4, 0.5) is 0 Å². The molecule has 108 valence electrons. The predicted molar refractivity (Wildman–Crippen MR) is 82.1 cm³/mol. The number of allylic oxidation sites excluding steroid dienone is 1. The molecular weight excluding hydrogens is 230 g/mol. The third-order valence-electron chi connectivity index (χ3n) is 6.18. The summed E-state index contributed by atoms with van der Waals surface area (Å²) in [5, 5.41) is 3.86. The first-order valence-electron chi connectivity index (χ1n) is 8.60. The van der Waals surface area contributed by atoms with Crippen LogP contribution in [-0.4, -0.2) is 12.6 Å². The zero-order valence-corrected chi connectivity index (χ0v) is 12.7. The van der Waals surface area contributed by atoms with Gasteiger partial charge in [0.2, 0.25) is 0 Å². The Morgan fingerprint density at radius 1 is 1.16 bits per heavy atom. The molecule has 0 radical (unpaired) electrons. The zero-order valence-electron chi connectivity index (χ0n) is 12.7. The largest absolute Gasteiger partial charge is 0.314 e. The van der Waals surface area contributed by atoms with Crippen molar-refractivity contribution in [2.24, 2.45) is 23.2 Å². The molecule has 0 aliphatic heterocycles. The Bertz CT molecular complexity index is 284. The first kappa shape index (κ1) is 13.7. The van der Waals surface area contributed by atoms with Crippen molar-refractivity contribution in [2.75, 3.05) is 6.54 Å². The number of unbranched alkanes of at least 4 members (excludes halogenated alkanes) is 1. The predicted octanol–water partition coefficient (Wildman–Crippen LogP) is 4.54. The van der Waals surface area contributed by atoms with Gasteiger partial charge in [0.05, 0.1) is 0 Å². The molecule has 4 rings (SSSR count). The van der Waals surface area contributed by atoms with E-state index in [0.717, 1.165) is 30.3 Å². The van der Waals surface area contributed by atoms with E-state index < -0.39 is 0 Å². The van der Waals surface area contributed by atoms with Gasteiger partial charge in [0.1, 0.15) is 0 Å². The Labute approximate surface area is 119 Å². The Balaban J connectivity index is 1.71. The van der Waals surface area contributed by atoms with Gasteiger partial charge < -0.3 is 5.32 Å². The van der Waals surface area contributed by atoms with Crippen LogP contribution >= 0.6 is 0 Å². The van der Waals surface area contributed by atoms with Crippen LogP contribution < -0.4 is 5.32 Å². The molecule has 0 heterocycles. The van der Waals surface area contributed by atoms with Gasteiger partial charge in [0.15, 0.2) is 0 Å². The second-order valence-electron chi connectivity index (χ2n) is 7.61. The molecule has 0 spiro atoms. The number of nitrogens with one attached hydrogen (secondary N) is 1. The van der Waals surface area contributed by atoms with E-state index in [0.29, 0.717) is 5.41 Å². The topological polar surface area (TPSA) is 12.0 Å². The van der Waals surface area contributed by atoms with Crippen molar-refractivity contribution in [3.8, 4) is 0 Å². The highest BCUT2D eigenvalue weighted by Crippen LogP contribution is 2.61.